The minimum atomic E-state index is -0.458. The van der Waals surface area contributed by atoms with Crippen molar-refractivity contribution >= 4 is 0 Å². The largest absolute Gasteiger partial charge is 0.390 e. The summed E-state index contributed by atoms with van der Waals surface area (Å²) in [6.45, 7) is 11.8. The Kier molecular flexibility index (Phi) is 13.0. The van der Waals surface area contributed by atoms with E-state index in [0.717, 1.165) is 6.42 Å². The van der Waals surface area contributed by atoms with Gasteiger partial charge in [0.05, 0.1) is 5.60 Å². The van der Waals surface area contributed by atoms with Crippen LogP contribution in [-0.2, 0) is 0 Å². The molecule has 12 heavy (non-hydrogen) atoms. The first-order chi connectivity index (χ1) is 4.83. The average Bonchev–Trinajstić information content (AvgIpc) is 1.88. The highest BCUT2D eigenvalue weighted by Crippen LogP contribution is 2.03. The minimum Gasteiger partial charge on any atom is -0.390 e. The van der Waals surface area contributed by atoms with Gasteiger partial charge in [-0.25, -0.2) is 0 Å². The summed E-state index contributed by atoms with van der Waals surface area (Å²) in [6.07, 6.45) is 2.91. The summed E-state index contributed by atoms with van der Waals surface area (Å²) >= 11 is 0. The molecule has 1 N–H and O–H groups in total. The van der Waals surface area contributed by atoms with E-state index in [1.165, 1.54) is 5.57 Å². The molecule has 1 nitrogen and oxygen atoms in total. The van der Waals surface area contributed by atoms with Gasteiger partial charge in [0.15, 0.2) is 0 Å². The van der Waals surface area contributed by atoms with Gasteiger partial charge in [-0.15, -0.1) is 0 Å². The summed E-state index contributed by atoms with van der Waals surface area (Å²) in [5.74, 6) is 0. The molecule has 0 aliphatic heterocycles. The van der Waals surface area contributed by atoms with Crippen molar-refractivity contribution < 1.29 is 5.11 Å². The van der Waals surface area contributed by atoms with Crippen LogP contribution in [0.25, 0.3) is 0 Å². The summed E-state index contributed by atoms with van der Waals surface area (Å²) in [4.78, 5) is 0. The number of rotatable bonds is 1. The smallest absolute Gasteiger partial charge is 0.0589 e. The Labute approximate surface area is 78.5 Å². The van der Waals surface area contributed by atoms with Crippen molar-refractivity contribution in [3.05, 3.63) is 11.6 Å². The molecule has 0 aliphatic rings. The van der Waals surface area contributed by atoms with Crippen molar-refractivity contribution in [1.82, 2.24) is 0 Å². The maximum Gasteiger partial charge on any atom is 0.0589 e. The number of hydrogen-bond acceptors (Lipinski definition) is 1. The third-order valence-corrected chi connectivity index (χ3v) is 1.44. The van der Waals surface area contributed by atoms with E-state index in [0.29, 0.717) is 0 Å². The van der Waals surface area contributed by atoms with Gasteiger partial charge >= 0.3 is 0 Å². The first-order valence-corrected chi connectivity index (χ1v) is 4.15. The Hall–Kier alpha value is -0.300. The molecular weight excluding hydrogens is 148 g/mol. The zero-order valence-corrected chi connectivity index (χ0v) is 8.73. The van der Waals surface area contributed by atoms with E-state index in [4.69, 9.17) is 5.11 Å². The molecule has 0 heterocycles. The molecule has 0 fully saturated rings. The van der Waals surface area contributed by atoms with Crippen LogP contribution in [0.2, 0.25) is 0 Å². The second-order valence-electron chi connectivity index (χ2n) is 3.53. The van der Waals surface area contributed by atoms with E-state index in [9.17, 15) is 0 Å². The second-order valence-corrected chi connectivity index (χ2v) is 3.53. The third kappa shape index (κ3) is 33.2. The van der Waals surface area contributed by atoms with Crippen molar-refractivity contribution in [3.63, 3.8) is 0 Å². The highest BCUT2D eigenvalue weighted by molar-refractivity contribution is 4.88. The Morgan fingerprint density at radius 3 is 1.50 bits per heavy atom. The van der Waals surface area contributed by atoms with Crippen molar-refractivity contribution in [2.75, 3.05) is 0 Å². The standard InChI is InChI=1S/C5H12O.C5H10.CH4/c1-4-5(2,3)6;1-4-5(2)3;/h6H,4H2,1-3H3;4H,1-3H3;1H4. The van der Waals surface area contributed by atoms with Gasteiger partial charge in [-0.3, -0.25) is 0 Å². The van der Waals surface area contributed by atoms with Crippen LogP contribution in [0.5, 0.6) is 0 Å². The van der Waals surface area contributed by atoms with Crippen molar-refractivity contribution in [2.45, 2.75) is 61.0 Å². The SMILES string of the molecule is C.CC=C(C)C.CCC(C)(C)O. The van der Waals surface area contributed by atoms with Crippen LogP contribution in [0.15, 0.2) is 11.6 Å². The molecule has 0 aliphatic carbocycles. The zero-order valence-electron chi connectivity index (χ0n) is 8.73. The maximum atomic E-state index is 8.83. The summed E-state index contributed by atoms with van der Waals surface area (Å²) in [5, 5.41) is 8.83. The van der Waals surface area contributed by atoms with Crippen LogP contribution in [-0.4, -0.2) is 10.7 Å². The Morgan fingerprint density at radius 1 is 1.33 bits per heavy atom. The van der Waals surface area contributed by atoms with Gasteiger partial charge in [0.25, 0.3) is 0 Å². The molecule has 0 aromatic rings. The Balaban J connectivity index is -0.000000126. The van der Waals surface area contributed by atoms with Gasteiger partial charge in [-0.05, 0) is 41.0 Å². The molecule has 0 unspecified atom stereocenters. The fourth-order valence-corrected chi connectivity index (χ4v) is 0. The lowest BCUT2D eigenvalue weighted by Gasteiger charge is -2.11. The Morgan fingerprint density at radius 2 is 1.50 bits per heavy atom. The summed E-state index contributed by atoms with van der Waals surface area (Å²) in [6, 6.07) is 0. The molecule has 1 heteroatoms. The van der Waals surface area contributed by atoms with Gasteiger partial charge in [-0.1, -0.05) is 26.0 Å². The van der Waals surface area contributed by atoms with Crippen LogP contribution in [0.4, 0.5) is 0 Å². The molecule has 76 valence electrons. The predicted molar refractivity (Wildman–Crippen MR) is 58.4 cm³/mol. The summed E-state index contributed by atoms with van der Waals surface area (Å²) in [7, 11) is 0. The van der Waals surface area contributed by atoms with Crippen LogP contribution in [0.1, 0.15) is 55.4 Å². The van der Waals surface area contributed by atoms with Crippen molar-refractivity contribution in [3.8, 4) is 0 Å². The number of aliphatic hydroxyl groups is 1. The van der Waals surface area contributed by atoms with Crippen molar-refractivity contribution in [1.29, 1.82) is 0 Å². The first-order valence-electron chi connectivity index (χ1n) is 4.15. The topological polar surface area (TPSA) is 20.2 Å². The van der Waals surface area contributed by atoms with Gasteiger partial charge < -0.3 is 5.11 Å². The molecule has 0 atom stereocenters. The normalized spacial score (nSPS) is 8.92. The fraction of sp³-hybridized carbons (Fsp3) is 0.818. The highest BCUT2D eigenvalue weighted by Gasteiger charge is 2.05. The number of allylic oxidation sites excluding steroid dienone is 2. The Bertz CT molecular complexity index is 103. The lowest BCUT2D eigenvalue weighted by molar-refractivity contribution is 0.0765. The molecule has 0 aromatic carbocycles. The van der Waals surface area contributed by atoms with E-state index in [-0.39, 0.29) is 7.43 Å². The second kappa shape index (κ2) is 8.79. The van der Waals surface area contributed by atoms with Gasteiger partial charge in [0.2, 0.25) is 0 Å². The monoisotopic (exact) mass is 174 g/mol. The minimum absolute atomic E-state index is 0. The zero-order chi connectivity index (χ0) is 9.49. The molecule has 0 spiro atoms. The van der Waals surface area contributed by atoms with Crippen LogP contribution in [0.3, 0.4) is 0 Å². The highest BCUT2D eigenvalue weighted by atomic mass is 16.3. The molecule has 0 amide bonds. The molecule has 0 aromatic heterocycles. The summed E-state index contributed by atoms with van der Waals surface area (Å²) < 4.78 is 0. The molecule has 0 saturated carbocycles. The van der Waals surface area contributed by atoms with E-state index in [1.807, 2.05) is 13.8 Å². The van der Waals surface area contributed by atoms with Gasteiger partial charge in [-0.2, -0.15) is 0 Å². The van der Waals surface area contributed by atoms with Gasteiger partial charge in [0, 0.05) is 0 Å². The third-order valence-electron chi connectivity index (χ3n) is 1.44. The average molecular weight is 174 g/mol. The molecule has 0 saturated heterocycles. The van der Waals surface area contributed by atoms with Crippen molar-refractivity contribution in [2.24, 2.45) is 0 Å². The quantitative estimate of drug-likeness (QED) is 0.600. The summed E-state index contributed by atoms with van der Waals surface area (Å²) in [5.41, 5.74) is 0.921. The lowest BCUT2D eigenvalue weighted by Crippen LogP contribution is -2.15. The van der Waals surface area contributed by atoms with Crippen LogP contribution in [0, 0.1) is 0 Å². The van der Waals surface area contributed by atoms with E-state index in [2.05, 4.69) is 19.9 Å². The molecule has 0 radical (unpaired) electrons. The van der Waals surface area contributed by atoms with E-state index >= 15 is 0 Å². The molecule has 0 bridgehead atoms. The van der Waals surface area contributed by atoms with E-state index < -0.39 is 5.60 Å². The predicted octanol–water partition coefficient (Wildman–Crippen LogP) is 3.78. The maximum absolute atomic E-state index is 8.83. The molecular formula is C11H26O. The number of hydrogen-bond donors (Lipinski definition) is 1. The lowest BCUT2D eigenvalue weighted by atomic mass is 10.1. The van der Waals surface area contributed by atoms with Crippen LogP contribution >= 0.6 is 0 Å². The van der Waals surface area contributed by atoms with Gasteiger partial charge in [0.1, 0.15) is 0 Å². The van der Waals surface area contributed by atoms with E-state index in [1.54, 1.807) is 13.8 Å². The molecule has 0 rings (SSSR count). The fourth-order valence-electron chi connectivity index (χ4n) is 0. The van der Waals surface area contributed by atoms with Crippen LogP contribution < -0.4 is 0 Å². The first kappa shape index (κ1) is 17.7.